The van der Waals surface area contributed by atoms with E-state index in [4.69, 9.17) is 15.0 Å². The summed E-state index contributed by atoms with van der Waals surface area (Å²) < 4.78 is 10.6. The molecule has 2 heterocycles. The zero-order chi connectivity index (χ0) is 18.7. The summed E-state index contributed by atoms with van der Waals surface area (Å²) in [4.78, 5) is 19.6. The molecule has 3 rings (SSSR count). The van der Waals surface area contributed by atoms with Crippen molar-refractivity contribution in [2.75, 3.05) is 17.9 Å². The number of pyridine rings is 1. The fraction of sp³-hybridized carbons (Fsp3) is 0.235. The Balaban J connectivity index is 1.95. The third kappa shape index (κ3) is 3.18. The molecule has 0 saturated carbocycles. The van der Waals surface area contributed by atoms with E-state index in [9.17, 15) is 4.91 Å². The van der Waals surface area contributed by atoms with Crippen molar-refractivity contribution in [3.63, 3.8) is 0 Å². The van der Waals surface area contributed by atoms with Crippen molar-refractivity contribution in [3.8, 4) is 28.7 Å². The number of anilines is 2. The standard InChI is InChI=1S/C17H18N6O3/c1-10(2)23(22-24)13-7-6-11(9-12(13)18)16-20-17(26-21-16)15-14(25-3)5-4-8-19-15/h4-10H,18H2,1-3H3. The number of nitrogen functional groups attached to an aromatic ring is 1. The van der Waals surface area contributed by atoms with Gasteiger partial charge in [-0.3, -0.25) is 0 Å². The van der Waals surface area contributed by atoms with Gasteiger partial charge >= 0.3 is 0 Å². The van der Waals surface area contributed by atoms with Crippen molar-refractivity contribution in [2.45, 2.75) is 19.9 Å². The number of nitroso groups, excluding NO2 is 1. The molecule has 26 heavy (non-hydrogen) atoms. The van der Waals surface area contributed by atoms with Gasteiger partial charge in [-0.15, -0.1) is 4.91 Å². The molecule has 0 aliphatic heterocycles. The van der Waals surface area contributed by atoms with Crippen LogP contribution in [0, 0.1) is 4.91 Å². The molecule has 134 valence electrons. The molecule has 9 nitrogen and oxygen atoms in total. The van der Waals surface area contributed by atoms with Gasteiger partial charge in [0.15, 0.2) is 5.69 Å². The molecule has 3 aromatic rings. The van der Waals surface area contributed by atoms with Crippen molar-refractivity contribution in [2.24, 2.45) is 5.29 Å². The van der Waals surface area contributed by atoms with Crippen LogP contribution in [-0.2, 0) is 0 Å². The minimum Gasteiger partial charge on any atom is -0.494 e. The summed E-state index contributed by atoms with van der Waals surface area (Å²) in [5.74, 6) is 1.11. The van der Waals surface area contributed by atoms with Crippen LogP contribution in [0.4, 0.5) is 11.4 Å². The fourth-order valence-electron chi connectivity index (χ4n) is 2.47. The van der Waals surface area contributed by atoms with Gasteiger partial charge in [-0.05, 0) is 44.2 Å². The molecular formula is C17H18N6O3. The smallest absolute Gasteiger partial charge is 0.280 e. The molecule has 0 aliphatic rings. The number of ether oxygens (including phenoxy) is 1. The van der Waals surface area contributed by atoms with Crippen molar-refractivity contribution in [1.29, 1.82) is 0 Å². The van der Waals surface area contributed by atoms with Gasteiger partial charge in [0.2, 0.25) is 5.82 Å². The first-order valence-electron chi connectivity index (χ1n) is 7.90. The van der Waals surface area contributed by atoms with E-state index in [1.54, 1.807) is 43.6 Å². The second-order valence-corrected chi connectivity index (χ2v) is 5.77. The molecule has 0 aliphatic carbocycles. The Morgan fingerprint density at radius 1 is 1.31 bits per heavy atom. The quantitative estimate of drug-likeness (QED) is 0.407. The first kappa shape index (κ1) is 17.3. The van der Waals surface area contributed by atoms with Crippen LogP contribution >= 0.6 is 0 Å². The summed E-state index contributed by atoms with van der Waals surface area (Å²) >= 11 is 0. The second kappa shape index (κ2) is 7.18. The molecule has 0 radical (unpaired) electrons. The van der Waals surface area contributed by atoms with Crippen LogP contribution in [0.15, 0.2) is 46.3 Å². The van der Waals surface area contributed by atoms with Crippen LogP contribution in [0.2, 0.25) is 0 Å². The molecule has 0 fully saturated rings. The third-order valence-corrected chi connectivity index (χ3v) is 3.73. The molecule has 0 atom stereocenters. The zero-order valence-corrected chi connectivity index (χ0v) is 14.6. The third-order valence-electron chi connectivity index (χ3n) is 3.73. The predicted molar refractivity (Wildman–Crippen MR) is 97.3 cm³/mol. The van der Waals surface area contributed by atoms with Crippen LogP contribution in [0.25, 0.3) is 23.0 Å². The molecule has 2 aromatic heterocycles. The van der Waals surface area contributed by atoms with Gasteiger partial charge in [0, 0.05) is 11.8 Å². The highest BCUT2D eigenvalue weighted by Crippen LogP contribution is 2.32. The summed E-state index contributed by atoms with van der Waals surface area (Å²) in [5.41, 5.74) is 8.08. The highest BCUT2D eigenvalue weighted by Gasteiger charge is 2.18. The molecule has 0 bridgehead atoms. The van der Waals surface area contributed by atoms with Crippen LogP contribution in [0.1, 0.15) is 13.8 Å². The van der Waals surface area contributed by atoms with Crippen molar-refractivity contribution < 1.29 is 9.26 Å². The van der Waals surface area contributed by atoms with Crippen LogP contribution in [-0.4, -0.2) is 28.3 Å². The zero-order valence-electron chi connectivity index (χ0n) is 14.6. The number of benzene rings is 1. The normalized spacial score (nSPS) is 10.8. The molecule has 1 aromatic carbocycles. The summed E-state index contributed by atoms with van der Waals surface area (Å²) in [6.45, 7) is 3.70. The van der Waals surface area contributed by atoms with Gasteiger partial charge < -0.3 is 15.0 Å². The lowest BCUT2D eigenvalue weighted by Gasteiger charge is -2.21. The van der Waals surface area contributed by atoms with E-state index in [1.807, 2.05) is 13.8 Å². The van der Waals surface area contributed by atoms with E-state index >= 15 is 0 Å². The van der Waals surface area contributed by atoms with Gasteiger partial charge in [-0.2, -0.15) is 4.98 Å². The van der Waals surface area contributed by atoms with Gasteiger partial charge in [0.25, 0.3) is 5.89 Å². The van der Waals surface area contributed by atoms with Crippen molar-refractivity contribution in [1.82, 2.24) is 15.1 Å². The lowest BCUT2D eigenvalue weighted by Crippen LogP contribution is -2.24. The Morgan fingerprint density at radius 2 is 2.12 bits per heavy atom. The number of methoxy groups -OCH3 is 1. The first-order valence-corrected chi connectivity index (χ1v) is 7.90. The number of rotatable bonds is 6. The van der Waals surface area contributed by atoms with Crippen LogP contribution in [0.5, 0.6) is 5.75 Å². The average Bonchev–Trinajstić information content (AvgIpc) is 3.13. The number of aromatic nitrogens is 3. The largest absolute Gasteiger partial charge is 0.494 e. The minimum absolute atomic E-state index is 0.117. The molecule has 0 saturated heterocycles. The molecule has 2 N–H and O–H groups in total. The Bertz CT molecular complexity index is 924. The van der Waals surface area contributed by atoms with E-state index < -0.39 is 0 Å². The second-order valence-electron chi connectivity index (χ2n) is 5.77. The minimum atomic E-state index is -0.117. The fourth-order valence-corrected chi connectivity index (χ4v) is 2.47. The van der Waals surface area contributed by atoms with Crippen molar-refractivity contribution in [3.05, 3.63) is 41.4 Å². The SMILES string of the molecule is COc1cccnc1-c1nc(-c2ccc(N(N=O)C(C)C)c(N)c2)no1. The molecule has 0 spiro atoms. The van der Waals surface area contributed by atoms with E-state index in [0.29, 0.717) is 34.2 Å². The maximum Gasteiger partial charge on any atom is 0.280 e. The van der Waals surface area contributed by atoms with E-state index in [2.05, 4.69) is 20.4 Å². The lowest BCUT2D eigenvalue weighted by atomic mass is 10.1. The first-order chi connectivity index (χ1) is 12.5. The highest BCUT2D eigenvalue weighted by molar-refractivity contribution is 5.74. The molecule has 0 amide bonds. The number of hydrogen-bond acceptors (Lipinski definition) is 8. The Hall–Kier alpha value is -3.49. The Labute approximate surface area is 149 Å². The topological polar surface area (TPSA) is 120 Å². The number of nitrogens with zero attached hydrogens (tertiary/aromatic N) is 5. The van der Waals surface area contributed by atoms with Gasteiger partial charge in [-0.1, -0.05) is 5.16 Å². The summed E-state index contributed by atoms with van der Waals surface area (Å²) in [5, 5.41) is 8.29. The van der Waals surface area contributed by atoms with E-state index in [0.717, 1.165) is 0 Å². The highest BCUT2D eigenvalue weighted by atomic mass is 16.5. The van der Waals surface area contributed by atoms with Crippen LogP contribution < -0.4 is 15.5 Å². The maximum absolute atomic E-state index is 11.0. The number of hydrogen-bond donors (Lipinski definition) is 1. The molecule has 0 unspecified atom stereocenters. The monoisotopic (exact) mass is 354 g/mol. The Morgan fingerprint density at radius 3 is 2.77 bits per heavy atom. The Kier molecular flexibility index (Phi) is 4.78. The van der Waals surface area contributed by atoms with E-state index in [-0.39, 0.29) is 11.9 Å². The van der Waals surface area contributed by atoms with Gasteiger partial charge in [0.05, 0.1) is 29.8 Å². The summed E-state index contributed by atoms with van der Waals surface area (Å²) in [6, 6.07) is 8.50. The number of nitrogens with two attached hydrogens (primary N) is 1. The van der Waals surface area contributed by atoms with Crippen LogP contribution in [0.3, 0.4) is 0 Å². The average molecular weight is 354 g/mol. The summed E-state index contributed by atoms with van der Waals surface area (Å²) in [7, 11) is 1.54. The van der Waals surface area contributed by atoms with Gasteiger partial charge in [-0.25, -0.2) is 9.99 Å². The van der Waals surface area contributed by atoms with Crippen molar-refractivity contribution >= 4 is 11.4 Å². The van der Waals surface area contributed by atoms with E-state index in [1.165, 1.54) is 5.01 Å². The lowest BCUT2D eigenvalue weighted by molar-refractivity contribution is 0.403. The molecular weight excluding hydrogens is 336 g/mol. The predicted octanol–water partition coefficient (Wildman–Crippen LogP) is 3.29. The maximum atomic E-state index is 11.0. The summed E-state index contributed by atoms with van der Waals surface area (Å²) in [6.07, 6.45) is 1.61. The molecule has 9 heteroatoms. The van der Waals surface area contributed by atoms with Gasteiger partial charge in [0.1, 0.15) is 5.75 Å².